The number of carboxylic acid groups (broad SMARTS) is 1. The van der Waals surface area contributed by atoms with Crippen LogP contribution in [-0.2, 0) is 7.05 Å². The van der Waals surface area contributed by atoms with Crippen LogP contribution in [0.25, 0.3) is 0 Å². The van der Waals surface area contributed by atoms with Crippen molar-refractivity contribution in [3.05, 3.63) is 41.1 Å². The third kappa shape index (κ3) is 2.26. The van der Waals surface area contributed by atoms with Gasteiger partial charge in [-0.1, -0.05) is 6.07 Å². The van der Waals surface area contributed by atoms with Crippen LogP contribution in [0.5, 0.6) is 11.6 Å². The summed E-state index contributed by atoms with van der Waals surface area (Å²) in [6.07, 6.45) is 0. The summed E-state index contributed by atoms with van der Waals surface area (Å²) >= 11 is 0. The number of aromatic nitrogens is 2. The lowest BCUT2D eigenvalue weighted by Crippen LogP contribution is -2.03. The minimum Gasteiger partial charge on any atom is -0.477 e. The maximum Gasteiger partial charge on any atom is 0.343 e. The second-order valence-corrected chi connectivity index (χ2v) is 3.85. The molecule has 7 heteroatoms. The molecule has 0 fully saturated rings. The van der Waals surface area contributed by atoms with Gasteiger partial charge < -0.3 is 9.84 Å². The Labute approximate surface area is 107 Å². The minimum absolute atomic E-state index is 0.158. The Morgan fingerprint density at radius 2 is 2.11 bits per heavy atom. The fraction of sp³-hybridized carbons (Fsp3) is 0.167. The zero-order valence-electron chi connectivity index (χ0n) is 10.1. The van der Waals surface area contributed by atoms with E-state index in [0.29, 0.717) is 0 Å². The van der Waals surface area contributed by atoms with Gasteiger partial charge in [0, 0.05) is 7.05 Å². The van der Waals surface area contributed by atoms with Crippen molar-refractivity contribution in [3.63, 3.8) is 0 Å². The van der Waals surface area contributed by atoms with Gasteiger partial charge in [-0.05, 0) is 19.1 Å². The quantitative estimate of drug-likeness (QED) is 0.928. The van der Waals surface area contributed by atoms with Crippen molar-refractivity contribution in [2.24, 2.45) is 7.05 Å². The van der Waals surface area contributed by atoms with E-state index < -0.39 is 23.4 Å². The highest BCUT2D eigenvalue weighted by Gasteiger charge is 2.23. The number of benzene rings is 1. The zero-order valence-corrected chi connectivity index (χ0v) is 10.1. The van der Waals surface area contributed by atoms with Crippen molar-refractivity contribution in [2.75, 3.05) is 0 Å². The van der Waals surface area contributed by atoms with Crippen molar-refractivity contribution >= 4 is 5.97 Å². The zero-order chi connectivity index (χ0) is 14.2. The summed E-state index contributed by atoms with van der Waals surface area (Å²) in [6.45, 7) is 1.48. The number of carboxylic acids is 1. The molecule has 0 saturated heterocycles. The van der Waals surface area contributed by atoms with Gasteiger partial charge in [-0.25, -0.2) is 13.9 Å². The number of hydrogen-bond acceptors (Lipinski definition) is 3. The van der Waals surface area contributed by atoms with Gasteiger partial charge in [-0.3, -0.25) is 0 Å². The van der Waals surface area contributed by atoms with Crippen molar-refractivity contribution in [1.82, 2.24) is 9.78 Å². The maximum absolute atomic E-state index is 13.5. The monoisotopic (exact) mass is 268 g/mol. The van der Waals surface area contributed by atoms with Gasteiger partial charge in [0.2, 0.25) is 11.7 Å². The first-order valence-electron chi connectivity index (χ1n) is 5.30. The Kier molecular flexibility index (Phi) is 3.20. The molecule has 0 amide bonds. The Morgan fingerprint density at radius 1 is 1.42 bits per heavy atom. The highest BCUT2D eigenvalue weighted by Crippen LogP contribution is 2.29. The molecule has 1 N–H and O–H groups in total. The first-order valence-corrected chi connectivity index (χ1v) is 5.30. The molecule has 0 unspecified atom stereocenters. The van der Waals surface area contributed by atoms with Gasteiger partial charge in [-0.15, -0.1) is 0 Å². The first kappa shape index (κ1) is 13.0. The third-order valence-corrected chi connectivity index (χ3v) is 2.51. The summed E-state index contributed by atoms with van der Waals surface area (Å²) < 4.78 is 32.8. The van der Waals surface area contributed by atoms with Crippen LogP contribution >= 0.6 is 0 Å². The molecule has 1 aromatic heterocycles. The molecular formula is C12H10F2N2O3. The molecular weight excluding hydrogens is 258 g/mol. The van der Waals surface area contributed by atoms with Crippen LogP contribution in [0, 0.1) is 18.6 Å². The molecule has 0 saturated carbocycles. The molecule has 2 rings (SSSR count). The van der Waals surface area contributed by atoms with Crippen LogP contribution in [0.1, 0.15) is 16.1 Å². The number of aryl methyl sites for hydroxylation is 2. The van der Waals surface area contributed by atoms with Crippen LogP contribution in [0.15, 0.2) is 18.2 Å². The molecule has 1 heterocycles. The summed E-state index contributed by atoms with van der Waals surface area (Å²) in [6, 6.07) is 3.40. The van der Waals surface area contributed by atoms with E-state index in [1.807, 2.05) is 0 Å². The molecule has 1 aromatic carbocycles. The Morgan fingerprint density at radius 3 is 2.74 bits per heavy atom. The summed E-state index contributed by atoms with van der Waals surface area (Å²) in [5, 5.41) is 12.9. The molecule has 0 aliphatic rings. The van der Waals surface area contributed by atoms with Crippen molar-refractivity contribution < 1.29 is 23.4 Å². The first-order chi connectivity index (χ1) is 8.91. The van der Waals surface area contributed by atoms with E-state index in [4.69, 9.17) is 9.84 Å². The number of hydrogen-bond donors (Lipinski definition) is 1. The average molecular weight is 268 g/mol. The van der Waals surface area contributed by atoms with Crippen molar-refractivity contribution in [2.45, 2.75) is 6.92 Å². The lowest BCUT2D eigenvalue weighted by molar-refractivity contribution is 0.0693. The number of rotatable bonds is 3. The molecule has 0 spiro atoms. The van der Waals surface area contributed by atoms with Crippen LogP contribution in [0.2, 0.25) is 0 Å². The molecule has 2 aromatic rings. The van der Waals surface area contributed by atoms with Crippen molar-refractivity contribution in [1.29, 1.82) is 0 Å². The number of ether oxygens (including phenoxy) is 1. The molecule has 100 valence electrons. The molecule has 5 nitrogen and oxygen atoms in total. The average Bonchev–Trinajstić information content (AvgIpc) is 2.60. The van der Waals surface area contributed by atoms with Crippen LogP contribution in [-0.4, -0.2) is 20.9 Å². The van der Waals surface area contributed by atoms with Gasteiger partial charge in [-0.2, -0.15) is 9.49 Å². The second-order valence-electron chi connectivity index (χ2n) is 3.85. The van der Waals surface area contributed by atoms with Gasteiger partial charge >= 0.3 is 5.97 Å². The number of carbonyl (C=O) groups is 1. The smallest absolute Gasteiger partial charge is 0.343 e. The van der Waals surface area contributed by atoms with Crippen LogP contribution in [0.3, 0.4) is 0 Å². The molecule has 0 atom stereocenters. The van der Waals surface area contributed by atoms with E-state index in [2.05, 4.69) is 5.10 Å². The molecule has 0 radical (unpaired) electrons. The number of halogens is 2. The van der Waals surface area contributed by atoms with Gasteiger partial charge in [0.25, 0.3) is 0 Å². The topological polar surface area (TPSA) is 64.4 Å². The predicted molar refractivity (Wildman–Crippen MR) is 61.3 cm³/mol. The SMILES string of the molecule is Cc1nn(C)c(Oc2cccc(F)c2F)c1C(=O)O. The molecule has 0 bridgehead atoms. The number of nitrogens with zero attached hydrogens (tertiary/aromatic N) is 2. The second kappa shape index (κ2) is 4.68. The summed E-state index contributed by atoms with van der Waals surface area (Å²) in [5.41, 5.74) is 0.0352. The van der Waals surface area contributed by atoms with E-state index in [0.717, 1.165) is 10.7 Å². The molecule has 0 aliphatic heterocycles. The number of aromatic carboxylic acids is 1. The van der Waals surface area contributed by atoms with E-state index in [1.165, 1.54) is 26.1 Å². The maximum atomic E-state index is 13.5. The Hall–Kier alpha value is -2.44. The molecule has 0 aliphatic carbocycles. The molecule has 19 heavy (non-hydrogen) atoms. The lowest BCUT2D eigenvalue weighted by atomic mass is 10.2. The lowest BCUT2D eigenvalue weighted by Gasteiger charge is -2.08. The fourth-order valence-electron chi connectivity index (χ4n) is 1.67. The summed E-state index contributed by atoms with van der Waals surface area (Å²) in [4.78, 5) is 11.1. The third-order valence-electron chi connectivity index (χ3n) is 2.51. The van der Waals surface area contributed by atoms with E-state index in [9.17, 15) is 13.6 Å². The van der Waals surface area contributed by atoms with E-state index in [1.54, 1.807) is 0 Å². The Balaban J connectivity index is 2.49. The highest BCUT2D eigenvalue weighted by molar-refractivity contribution is 5.91. The van der Waals surface area contributed by atoms with Gasteiger partial charge in [0.15, 0.2) is 11.6 Å². The standard InChI is InChI=1S/C12H10F2N2O3/c1-6-9(12(17)18)11(16(2)15-6)19-8-5-3-4-7(13)10(8)14/h3-5H,1-2H3,(H,17,18). The van der Waals surface area contributed by atoms with Crippen LogP contribution < -0.4 is 4.74 Å². The summed E-state index contributed by atoms with van der Waals surface area (Å²) in [7, 11) is 1.45. The highest BCUT2D eigenvalue weighted by atomic mass is 19.2. The van der Waals surface area contributed by atoms with E-state index >= 15 is 0 Å². The largest absolute Gasteiger partial charge is 0.477 e. The fourth-order valence-corrected chi connectivity index (χ4v) is 1.67. The summed E-state index contributed by atoms with van der Waals surface area (Å²) in [5.74, 6) is -4.07. The van der Waals surface area contributed by atoms with E-state index in [-0.39, 0.29) is 17.1 Å². The minimum atomic E-state index is -1.25. The van der Waals surface area contributed by atoms with Gasteiger partial charge in [0.1, 0.15) is 5.56 Å². The van der Waals surface area contributed by atoms with Crippen molar-refractivity contribution in [3.8, 4) is 11.6 Å². The van der Waals surface area contributed by atoms with Gasteiger partial charge in [0.05, 0.1) is 5.69 Å². The van der Waals surface area contributed by atoms with Crippen LogP contribution in [0.4, 0.5) is 8.78 Å². The normalized spacial score (nSPS) is 10.5. The predicted octanol–water partition coefficient (Wildman–Crippen LogP) is 2.50. The Bertz CT molecular complexity index is 653.